The minimum atomic E-state index is -0.588. The molecular weight excluding hydrogens is 421 g/mol. The first kappa shape index (κ1) is 18.5. The van der Waals surface area contributed by atoms with Gasteiger partial charge in [0.1, 0.15) is 11.6 Å². The van der Waals surface area contributed by atoms with Crippen LogP contribution >= 0.6 is 23.2 Å². The maximum absolute atomic E-state index is 9.86. The van der Waals surface area contributed by atoms with Gasteiger partial charge < -0.3 is 16.2 Å². The second-order valence-corrected chi connectivity index (χ2v) is 7.70. The maximum atomic E-state index is 9.86. The van der Waals surface area contributed by atoms with Crippen molar-refractivity contribution in [1.82, 2.24) is 9.97 Å². The number of rotatable bonds is 1. The molecule has 30 heavy (non-hydrogen) atoms. The largest absolute Gasteiger partial charge is 0.438 e. The average Bonchev–Trinajstić information content (AvgIpc) is 2.74. The van der Waals surface area contributed by atoms with Crippen LogP contribution in [-0.2, 0) is 0 Å². The number of benzene rings is 3. The fraction of sp³-hybridized carbons (Fsp3) is 0.0455. The topological polar surface area (TPSA) is 111 Å². The number of aromatic nitrogens is 2. The van der Waals surface area contributed by atoms with E-state index < -0.39 is 5.92 Å². The monoisotopic (exact) mass is 433 g/mol. The molecule has 0 bridgehead atoms. The summed E-state index contributed by atoms with van der Waals surface area (Å²) in [6.07, 6.45) is 0. The van der Waals surface area contributed by atoms with Crippen LogP contribution in [0.25, 0.3) is 22.1 Å². The number of allylic oxidation sites excluding steroid dienone is 1. The maximum Gasteiger partial charge on any atom is 0.205 e. The predicted molar refractivity (Wildman–Crippen MR) is 117 cm³/mol. The molecule has 1 unspecified atom stereocenters. The van der Waals surface area contributed by atoms with Gasteiger partial charge in [-0.25, -0.2) is 9.97 Å². The molecule has 5 rings (SSSR count). The van der Waals surface area contributed by atoms with E-state index in [1.165, 1.54) is 0 Å². The number of hydrogen-bond acceptors (Lipinski definition) is 6. The number of nitrogen functional groups attached to an aromatic ring is 1. The molecule has 2 heterocycles. The molecule has 0 saturated carbocycles. The lowest BCUT2D eigenvalue weighted by molar-refractivity contribution is 0.397. The Hall–Kier alpha value is -3.53. The number of fused-ring (bicyclic) bond motifs is 4. The van der Waals surface area contributed by atoms with E-state index in [9.17, 15) is 5.26 Å². The number of nitrogens with two attached hydrogens (primary N) is 2. The van der Waals surface area contributed by atoms with E-state index in [0.717, 1.165) is 11.1 Å². The van der Waals surface area contributed by atoms with E-state index in [1.54, 1.807) is 24.3 Å². The van der Waals surface area contributed by atoms with Crippen molar-refractivity contribution in [3.8, 4) is 11.8 Å². The molecule has 6 nitrogen and oxygen atoms in total. The molecule has 0 amide bonds. The smallest absolute Gasteiger partial charge is 0.205 e. The fourth-order valence-corrected chi connectivity index (χ4v) is 4.07. The highest BCUT2D eigenvalue weighted by atomic mass is 35.5. The van der Waals surface area contributed by atoms with Crippen LogP contribution < -0.4 is 16.2 Å². The van der Waals surface area contributed by atoms with E-state index in [2.05, 4.69) is 6.07 Å². The summed E-state index contributed by atoms with van der Waals surface area (Å²) in [6.45, 7) is 0. The summed E-state index contributed by atoms with van der Waals surface area (Å²) in [5, 5.41) is 10.6. The third-order valence-corrected chi connectivity index (χ3v) is 5.84. The van der Waals surface area contributed by atoms with E-state index in [1.807, 2.05) is 24.3 Å². The second kappa shape index (κ2) is 6.77. The number of nitrogens with zero attached hydrogens (tertiary/aromatic N) is 3. The van der Waals surface area contributed by atoms with Crippen LogP contribution in [0, 0.1) is 11.3 Å². The molecule has 146 valence electrons. The quantitative estimate of drug-likeness (QED) is 0.326. The molecular formula is C22H13Cl2N5O. The van der Waals surface area contributed by atoms with E-state index in [0.29, 0.717) is 43.6 Å². The highest BCUT2D eigenvalue weighted by Crippen LogP contribution is 2.48. The molecule has 4 N–H and O–H groups in total. The molecule has 3 aromatic carbocycles. The lowest BCUT2D eigenvalue weighted by Crippen LogP contribution is -2.22. The number of para-hydroxylation sites is 2. The van der Waals surface area contributed by atoms with Crippen LogP contribution in [0.3, 0.4) is 0 Å². The van der Waals surface area contributed by atoms with E-state index in [4.69, 9.17) is 49.4 Å². The zero-order valence-electron chi connectivity index (χ0n) is 15.4. The Labute approximate surface area is 181 Å². The lowest BCUT2D eigenvalue weighted by atomic mass is 9.82. The summed E-state index contributed by atoms with van der Waals surface area (Å²) in [4.78, 5) is 9.51. The van der Waals surface area contributed by atoms with E-state index >= 15 is 0 Å². The highest BCUT2D eigenvalue weighted by Gasteiger charge is 2.35. The Kier molecular flexibility index (Phi) is 4.17. The van der Waals surface area contributed by atoms with Gasteiger partial charge in [-0.05, 0) is 35.9 Å². The molecule has 1 aliphatic rings. The number of nitriles is 1. The summed E-state index contributed by atoms with van der Waals surface area (Å²) < 4.78 is 5.78. The summed E-state index contributed by atoms with van der Waals surface area (Å²) in [7, 11) is 0. The third-order valence-electron chi connectivity index (χ3n) is 5.10. The minimum absolute atomic E-state index is 0.0131. The van der Waals surface area contributed by atoms with Gasteiger partial charge in [-0.1, -0.05) is 41.4 Å². The molecule has 4 aromatic rings. The predicted octanol–water partition coefficient (Wildman–Crippen LogP) is 4.89. The Morgan fingerprint density at radius 1 is 0.933 bits per heavy atom. The van der Waals surface area contributed by atoms with Crippen molar-refractivity contribution in [3.63, 3.8) is 0 Å². The average molecular weight is 434 g/mol. The second-order valence-electron chi connectivity index (χ2n) is 6.89. The SMILES string of the molecule is N#CC1=C(N)Oc2c(N)cc3nc4ccccc4nc3c2C1c1ccc(Cl)c(Cl)c1. The van der Waals surface area contributed by atoms with Gasteiger partial charge in [0, 0.05) is 5.56 Å². The molecule has 0 aliphatic carbocycles. The van der Waals surface area contributed by atoms with Crippen LogP contribution in [0.15, 0.2) is 60.0 Å². The van der Waals surface area contributed by atoms with Gasteiger partial charge >= 0.3 is 0 Å². The van der Waals surface area contributed by atoms with Crippen molar-refractivity contribution < 1.29 is 4.74 Å². The molecule has 0 fully saturated rings. The molecule has 0 radical (unpaired) electrons. The minimum Gasteiger partial charge on any atom is -0.438 e. The first-order chi connectivity index (χ1) is 14.5. The van der Waals surface area contributed by atoms with Crippen LogP contribution in [0.1, 0.15) is 17.0 Å². The van der Waals surface area contributed by atoms with Crippen molar-refractivity contribution >= 4 is 51.0 Å². The molecule has 1 aliphatic heterocycles. The van der Waals surface area contributed by atoms with Crippen LogP contribution in [-0.4, -0.2) is 9.97 Å². The first-order valence-corrected chi connectivity index (χ1v) is 9.75. The van der Waals surface area contributed by atoms with Crippen LogP contribution in [0.4, 0.5) is 5.69 Å². The summed E-state index contributed by atoms with van der Waals surface area (Å²) in [6, 6.07) is 16.6. The summed E-state index contributed by atoms with van der Waals surface area (Å²) in [5.41, 5.74) is 16.9. The van der Waals surface area contributed by atoms with Crippen molar-refractivity contribution in [2.24, 2.45) is 5.73 Å². The standard InChI is InChI=1S/C22H13Cl2N5O/c23-12-6-5-10(7-13(12)24)18-11(9-25)22(27)30-21-14(26)8-17-20(19(18)21)29-16-4-2-1-3-15(16)28-17/h1-8,18H,26-27H2. The number of anilines is 1. The van der Waals surface area contributed by atoms with Gasteiger partial charge in [-0.15, -0.1) is 0 Å². The van der Waals surface area contributed by atoms with Crippen molar-refractivity contribution in [3.05, 3.63) is 81.2 Å². The Balaban J connectivity index is 1.90. The zero-order chi connectivity index (χ0) is 21.0. The molecule has 0 spiro atoms. The number of hydrogen-bond donors (Lipinski definition) is 2. The van der Waals surface area contributed by atoms with Gasteiger partial charge in [-0.3, -0.25) is 0 Å². The summed E-state index contributed by atoms with van der Waals surface area (Å²) >= 11 is 12.4. The molecule has 8 heteroatoms. The third kappa shape index (κ3) is 2.71. The zero-order valence-corrected chi connectivity index (χ0v) is 16.9. The highest BCUT2D eigenvalue weighted by molar-refractivity contribution is 6.42. The Morgan fingerprint density at radius 3 is 2.37 bits per heavy atom. The van der Waals surface area contributed by atoms with Crippen LogP contribution in [0.2, 0.25) is 10.0 Å². The number of ether oxygens (including phenoxy) is 1. The Bertz CT molecular complexity index is 1440. The Morgan fingerprint density at radius 2 is 1.67 bits per heavy atom. The van der Waals surface area contributed by atoms with Gasteiger partial charge in [0.15, 0.2) is 5.75 Å². The first-order valence-electron chi connectivity index (χ1n) is 8.99. The van der Waals surface area contributed by atoms with Crippen molar-refractivity contribution in [1.29, 1.82) is 5.26 Å². The normalized spacial score (nSPS) is 15.7. The summed E-state index contributed by atoms with van der Waals surface area (Å²) in [5.74, 6) is -0.240. The van der Waals surface area contributed by atoms with Gasteiger partial charge in [-0.2, -0.15) is 5.26 Å². The molecule has 0 saturated heterocycles. The van der Waals surface area contributed by atoms with Gasteiger partial charge in [0.05, 0.1) is 43.7 Å². The lowest BCUT2D eigenvalue weighted by Gasteiger charge is -2.28. The molecule has 1 aromatic heterocycles. The van der Waals surface area contributed by atoms with E-state index in [-0.39, 0.29) is 11.5 Å². The van der Waals surface area contributed by atoms with Crippen molar-refractivity contribution in [2.75, 3.05) is 5.73 Å². The van der Waals surface area contributed by atoms with Gasteiger partial charge in [0.2, 0.25) is 5.88 Å². The molecule has 1 atom stereocenters. The van der Waals surface area contributed by atoms with Gasteiger partial charge in [0.25, 0.3) is 0 Å². The van der Waals surface area contributed by atoms with Crippen LogP contribution in [0.5, 0.6) is 5.75 Å². The number of halogens is 2. The fourth-order valence-electron chi connectivity index (χ4n) is 3.77. The van der Waals surface area contributed by atoms with Crippen molar-refractivity contribution in [2.45, 2.75) is 5.92 Å².